The van der Waals surface area contributed by atoms with Crippen LogP contribution < -0.4 is 0 Å². The van der Waals surface area contributed by atoms with E-state index >= 15 is 0 Å². The summed E-state index contributed by atoms with van der Waals surface area (Å²) in [5.41, 5.74) is -0.318. The molecule has 0 saturated heterocycles. The largest absolute Gasteiger partial charge is 0.477 e. The standard InChI is InChI=1S/C10H5BrFNO4/c11-8-4-3-7(9(14)15)13(10(16)17)6(4)2-1-5(8)12/h1-3H,(H,14,15)(H,16,17). The van der Waals surface area contributed by atoms with Gasteiger partial charge in [0, 0.05) is 5.39 Å². The molecule has 0 aliphatic heterocycles. The van der Waals surface area contributed by atoms with Gasteiger partial charge >= 0.3 is 12.1 Å². The monoisotopic (exact) mass is 301 g/mol. The van der Waals surface area contributed by atoms with E-state index in [2.05, 4.69) is 15.9 Å². The average molecular weight is 302 g/mol. The number of hydrogen-bond donors (Lipinski definition) is 2. The Morgan fingerprint density at radius 3 is 2.47 bits per heavy atom. The highest BCUT2D eigenvalue weighted by Gasteiger charge is 2.21. The minimum absolute atomic E-state index is 0.0394. The normalized spacial score (nSPS) is 10.7. The minimum atomic E-state index is -1.43. The smallest absolute Gasteiger partial charge is 0.416 e. The third kappa shape index (κ3) is 1.68. The highest BCUT2D eigenvalue weighted by Crippen LogP contribution is 2.29. The maximum Gasteiger partial charge on any atom is 0.416 e. The number of halogens is 2. The molecule has 0 aliphatic rings. The van der Waals surface area contributed by atoms with Crippen LogP contribution in [0.3, 0.4) is 0 Å². The van der Waals surface area contributed by atoms with Gasteiger partial charge in [-0.2, -0.15) is 0 Å². The number of fused-ring (bicyclic) bond motifs is 1. The van der Waals surface area contributed by atoms with Crippen LogP contribution in [-0.2, 0) is 0 Å². The van der Waals surface area contributed by atoms with Crippen LogP contribution in [0.5, 0.6) is 0 Å². The molecule has 1 heterocycles. The Hall–Kier alpha value is -1.89. The zero-order valence-electron chi connectivity index (χ0n) is 8.15. The van der Waals surface area contributed by atoms with Crippen molar-refractivity contribution in [3.05, 3.63) is 34.2 Å². The van der Waals surface area contributed by atoms with Crippen molar-refractivity contribution in [2.24, 2.45) is 0 Å². The average Bonchev–Trinajstić information content (AvgIpc) is 2.63. The molecule has 0 aliphatic carbocycles. The summed E-state index contributed by atoms with van der Waals surface area (Å²) in [6.45, 7) is 0. The number of carbonyl (C=O) groups is 2. The molecule has 0 atom stereocenters. The Morgan fingerprint density at radius 1 is 1.29 bits per heavy atom. The van der Waals surface area contributed by atoms with Gasteiger partial charge in [-0.05, 0) is 34.1 Å². The zero-order valence-corrected chi connectivity index (χ0v) is 9.73. The van der Waals surface area contributed by atoms with Gasteiger partial charge in [0.2, 0.25) is 0 Å². The second-order valence-corrected chi connectivity index (χ2v) is 4.04. The van der Waals surface area contributed by atoms with Gasteiger partial charge in [-0.25, -0.2) is 18.5 Å². The van der Waals surface area contributed by atoms with Crippen molar-refractivity contribution in [2.75, 3.05) is 0 Å². The third-order valence-corrected chi connectivity index (χ3v) is 3.09. The van der Waals surface area contributed by atoms with Crippen LogP contribution in [0.1, 0.15) is 10.5 Å². The lowest BCUT2D eigenvalue weighted by Crippen LogP contribution is -2.14. The molecule has 17 heavy (non-hydrogen) atoms. The quantitative estimate of drug-likeness (QED) is 0.849. The Bertz CT molecular complexity index is 649. The molecule has 0 bridgehead atoms. The zero-order chi connectivity index (χ0) is 12.7. The van der Waals surface area contributed by atoms with Crippen LogP contribution in [0.4, 0.5) is 9.18 Å². The molecular formula is C10H5BrFNO4. The summed E-state index contributed by atoms with van der Waals surface area (Å²) in [5, 5.41) is 18.0. The lowest BCUT2D eigenvalue weighted by Gasteiger charge is -2.01. The van der Waals surface area contributed by atoms with Crippen molar-refractivity contribution in [1.29, 1.82) is 0 Å². The van der Waals surface area contributed by atoms with Gasteiger partial charge in [0.25, 0.3) is 0 Å². The summed E-state index contributed by atoms with van der Waals surface area (Å²) in [7, 11) is 0. The molecule has 0 radical (unpaired) electrons. The molecule has 2 aromatic rings. The number of aromatic nitrogens is 1. The van der Waals surface area contributed by atoms with Crippen LogP contribution in [0.25, 0.3) is 10.9 Å². The fourth-order valence-electron chi connectivity index (χ4n) is 1.58. The summed E-state index contributed by atoms with van der Waals surface area (Å²) in [5.74, 6) is -1.98. The van der Waals surface area contributed by atoms with E-state index in [0.29, 0.717) is 4.57 Å². The summed E-state index contributed by atoms with van der Waals surface area (Å²) in [6.07, 6.45) is -1.43. The van der Waals surface area contributed by atoms with Crippen LogP contribution in [0, 0.1) is 5.82 Å². The summed E-state index contributed by atoms with van der Waals surface area (Å²) in [4.78, 5) is 21.9. The van der Waals surface area contributed by atoms with Crippen molar-refractivity contribution in [3.63, 3.8) is 0 Å². The number of hydrogen-bond acceptors (Lipinski definition) is 2. The summed E-state index contributed by atoms with van der Waals surface area (Å²) < 4.78 is 13.9. The van der Waals surface area contributed by atoms with Gasteiger partial charge in [-0.1, -0.05) is 0 Å². The van der Waals surface area contributed by atoms with Gasteiger partial charge < -0.3 is 10.2 Å². The van der Waals surface area contributed by atoms with Crippen LogP contribution in [-0.4, -0.2) is 26.8 Å². The van der Waals surface area contributed by atoms with E-state index in [0.717, 1.165) is 12.1 Å². The Morgan fingerprint density at radius 2 is 1.94 bits per heavy atom. The number of benzene rings is 1. The SMILES string of the molecule is O=C(O)c1cc2c(Br)c(F)ccc2n1C(=O)O. The van der Waals surface area contributed by atoms with Crippen LogP contribution >= 0.6 is 15.9 Å². The molecule has 0 saturated carbocycles. The van der Waals surface area contributed by atoms with E-state index in [9.17, 15) is 14.0 Å². The summed E-state index contributed by atoms with van der Waals surface area (Å²) in [6, 6.07) is 3.40. The lowest BCUT2D eigenvalue weighted by molar-refractivity contribution is 0.0685. The van der Waals surface area contributed by atoms with Crippen molar-refractivity contribution in [2.45, 2.75) is 0 Å². The molecular weight excluding hydrogens is 297 g/mol. The van der Waals surface area contributed by atoms with Gasteiger partial charge in [0.15, 0.2) is 0 Å². The van der Waals surface area contributed by atoms with Crippen molar-refractivity contribution >= 4 is 38.9 Å². The van der Waals surface area contributed by atoms with E-state index < -0.39 is 23.6 Å². The number of aromatic carboxylic acids is 1. The first-order valence-corrected chi connectivity index (χ1v) is 5.19. The van der Waals surface area contributed by atoms with Gasteiger partial charge in [0.1, 0.15) is 11.5 Å². The molecule has 1 aromatic heterocycles. The highest BCUT2D eigenvalue weighted by atomic mass is 79.9. The van der Waals surface area contributed by atoms with E-state index in [1.54, 1.807) is 0 Å². The number of rotatable bonds is 1. The first kappa shape index (κ1) is 11.6. The first-order chi connectivity index (χ1) is 7.93. The number of nitrogens with zero attached hydrogens (tertiary/aromatic N) is 1. The van der Waals surface area contributed by atoms with Crippen LogP contribution in [0.2, 0.25) is 0 Å². The van der Waals surface area contributed by atoms with Crippen molar-refractivity contribution in [3.8, 4) is 0 Å². The van der Waals surface area contributed by atoms with Gasteiger partial charge in [-0.3, -0.25) is 0 Å². The fraction of sp³-hybridized carbons (Fsp3) is 0. The topological polar surface area (TPSA) is 79.5 Å². The number of carboxylic acid groups (broad SMARTS) is 2. The molecule has 7 heteroatoms. The maximum absolute atomic E-state index is 13.2. The van der Waals surface area contributed by atoms with Gasteiger partial charge in [0.05, 0.1) is 9.99 Å². The van der Waals surface area contributed by atoms with Gasteiger partial charge in [-0.15, -0.1) is 0 Å². The first-order valence-electron chi connectivity index (χ1n) is 4.39. The Labute approximate surface area is 102 Å². The Balaban J connectivity index is 2.94. The molecule has 0 spiro atoms. The molecule has 2 rings (SSSR count). The molecule has 88 valence electrons. The second kappa shape index (κ2) is 3.85. The maximum atomic E-state index is 13.2. The molecule has 0 fully saturated rings. The van der Waals surface area contributed by atoms with E-state index in [-0.39, 0.29) is 15.4 Å². The van der Waals surface area contributed by atoms with E-state index in [1.165, 1.54) is 6.07 Å². The molecule has 1 aromatic carbocycles. The number of carboxylic acids is 1. The van der Waals surface area contributed by atoms with Crippen molar-refractivity contribution in [1.82, 2.24) is 4.57 Å². The van der Waals surface area contributed by atoms with E-state index in [4.69, 9.17) is 10.2 Å². The molecule has 0 amide bonds. The van der Waals surface area contributed by atoms with Crippen molar-refractivity contribution < 1.29 is 24.2 Å². The third-order valence-electron chi connectivity index (χ3n) is 2.28. The fourth-order valence-corrected chi connectivity index (χ4v) is 2.03. The minimum Gasteiger partial charge on any atom is -0.477 e. The highest BCUT2D eigenvalue weighted by molar-refractivity contribution is 9.10. The Kier molecular flexibility index (Phi) is 2.62. The summed E-state index contributed by atoms with van der Waals surface area (Å²) >= 11 is 2.95. The van der Waals surface area contributed by atoms with Crippen LogP contribution in [0.15, 0.2) is 22.7 Å². The molecule has 2 N–H and O–H groups in total. The molecule has 0 unspecified atom stereocenters. The predicted molar refractivity (Wildman–Crippen MR) is 60.0 cm³/mol. The van der Waals surface area contributed by atoms with E-state index in [1.807, 2.05) is 0 Å². The predicted octanol–water partition coefficient (Wildman–Crippen LogP) is 2.77. The lowest BCUT2D eigenvalue weighted by atomic mass is 10.2. The second-order valence-electron chi connectivity index (χ2n) is 3.25. The molecule has 5 nitrogen and oxygen atoms in total.